The first-order valence-corrected chi connectivity index (χ1v) is 8.58. The SMILES string of the molecule is NC(=NCc1ncc(-c2ccccc2)o1)NC1CCOc2ccccc21. The highest BCUT2D eigenvalue weighted by Crippen LogP contribution is 2.31. The van der Waals surface area contributed by atoms with E-state index in [4.69, 9.17) is 14.9 Å². The molecule has 0 saturated carbocycles. The molecule has 6 nitrogen and oxygen atoms in total. The standard InChI is InChI=1S/C20H20N4O2/c21-20(24-16-10-11-25-17-9-5-4-8-15(16)17)23-13-19-22-12-18(26-19)14-6-2-1-3-7-14/h1-9,12,16H,10-11,13H2,(H3,21,23,24). The Balaban J connectivity index is 1.41. The molecule has 1 unspecified atom stereocenters. The third-order valence-electron chi connectivity index (χ3n) is 4.28. The van der Waals surface area contributed by atoms with Gasteiger partial charge in [0.25, 0.3) is 0 Å². The molecule has 0 spiro atoms. The zero-order valence-corrected chi connectivity index (χ0v) is 14.3. The Kier molecular flexibility index (Phi) is 4.55. The zero-order valence-electron chi connectivity index (χ0n) is 14.3. The molecule has 0 amide bonds. The number of nitrogens with two attached hydrogens (primary N) is 1. The molecule has 1 aliphatic heterocycles. The molecule has 0 aliphatic carbocycles. The molecule has 26 heavy (non-hydrogen) atoms. The Bertz CT molecular complexity index is 905. The number of nitrogens with zero attached hydrogens (tertiary/aromatic N) is 2. The summed E-state index contributed by atoms with van der Waals surface area (Å²) in [5.74, 6) is 2.51. The third kappa shape index (κ3) is 3.54. The number of oxazole rings is 1. The van der Waals surface area contributed by atoms with E-state index >= 15 is 0 Å². The number of hydrogen-bond donors (Lipinski definition) is 2. The number of guanidine groups is 1. The van der Waals surface area contributed by atoms with E-state index in [1.54, 1.807) is 6.20 Å². The second-order valence-electron chi connectivity index (χ2n) is 6.06. The fraction of sp³-hybridized carbons (Fsp3) is 0.200. The molecule has 132 valence electrons. The van der Waals surface area contributed by atoms with E-state index in [1.807, 2.05) is 54.6 Å². The molecule has 3 aromatic rings. The largest absolute Gasteiger partial charge is 0.493 e. The summed E-state index contributed by atoms with van der Waals surface area (Å²) in [5.41, 5.74) is 8.14. The molecule has 1 aromatic heterocycles. The van der Waals surface area contributed by atoms with Crippen LogP contribution < -0.4 is 15.8 Å². The molecule has 1 aliphatic rings. The Hall–Kier alpha value is -3.28. The molecule has 2 aromatic carbocycles. The van der Waals surface area contributed by atoms with Gasteiger partial charge in [-0.05, 0) is 6.07 Å². The predicted octanol–water partition coefficient (Wildman–Crippen LogP) is 3.27. The maximum absolute atomic E-state index is 6.06. The molecule has 1 atom stereocenters. The number of benzene rings is 2. The number of aliphatic imine (C=N–C) groups is 1. The van der Waals surface area contributed by atoms with Crippen molar-refractivity contribution in [1.29, 1.82) is 0 Å². The van der Waals surface area contributed by atoms with E-state index < -0.39 is 0 Å². The highest BCUT2D eigenvalue weighted by Gasteiger charge is 2.21. The average Bonchev–Trinajstić information content (AvgIpc) is 3.17. The number of para-hydroxylation sites is 1. The summed E-state index contributed by atoms with van der Waals surface area (Å²) < 4.78 is 11.4. The quantitative estimate of drug-likeness (QED) is 0.558. The van der Waals surface area contributed by atoms with Gasteiger partial charge in [0.1, 0.15) is 12.3 Å². The smallest absolute Gasteiger partial charge is 0.216 e. The van der Waals surface area contributed by atoms with Crippen LogP contribution in [-0.4, -0.2) is 17.6 Å². The van der Waals surface area contributed by atoms with Crippen LogP contribution in [-0.2, 0) is 6.54 Å². The lowest BCUT2D eigenvalue weighted by Gasteiger charge is -2.26. The topological polar surface area (TPSA) is 85.7 Å². The van der Waals surface area contributed by atoms with Crippen LogP contribution in [0, 0.1) is 0 Å². The number of aromatic nitrogens is 1. The van der Waals surface area contributed by atoms with E-state index in [2.05, 4.69) is 15.3 Å². The van der Waals surface area contributed by atoms with Gasteiger partial charge in [0, 0.05) is 17.5 Å². The first-order chi connectivity index (χ1) is 12.8. The normalized spacial score (nSPS) is 16.6. The lowest BCUT2D eigenvalue weighted by atomic mass is 10.0. The van der Waals surface area contributed by atoms with Gasteiger partial charge in [-0.3, -0.25) is 0 Å². The van der Waals surface area contributed by atoms with Gasteiger partial charge in [0.2, 0.25) is 5.89 Å². The van der Waals surface area contributed by atoms with E-state index in [9.17, 15) is 0 Å². The summed E-state index contributed by atoms with van der Waals surface area (Å²) in [7, 11) is 0. The minimum atomic E-state index is 0.0909. The van der Waals surface area contributed by atoms with Crippen LogP contribution in [0.3, 0.4) is 0 Å². The maximum atomic E-state index is 6.06. The van der Waals surface area contributed by atoms with Gasteiger partial charge >= 0.3 is 0 Å². The van der Waals surface area contributed by atoms with Crippen LogP contribution in [0.1, 0.15) is 23.9 Å². The molecule has 0 saturated heterocycles. The molecule has 0 bridgehead atoms. The van der Waals surface area contributed by atoms with Gasteiger partial charge in [0.05, 0.1) is 18.8 Å². The van der Waals surface area contributed by atoms with Crippen molar-refractivity contribution in [1.82, 2.24) is 10.3 Å². The predicted molar refractivity (Wildman–Crippen MR) is 99.7 cm³/mol. The van der Waals surface area contributed by atoms with Gasteiger partial charge < -0.3 is 20.2 Å². The Labute approximate surface area is 151 Å². The van der Waals surface area contributed by atoms with E-state index in [1.165, 1.54) is 0 Å². The zero-order chi connectivity index (χ0) is 17.8. The number of rotatable bonds is 4. The van der Waals surface area contributed by atoms with Crippen molar-refractivity contribution in [2.24, 2.45) is 10.7 Å². The van der Waals surface area contributed by atoms with Crippen molar-refractivity contribution in [3.05, 3.63) is 72.2 Å². The van der Waals surface area contributed by atoms with Gasteiger partial charge in [-0.2, -0.15) is 0 Å². The van der Waals surface area contributed by atoms with E-state index in [-0.39, 0.29) is 12.6 Å². The Morgan fingerprint density at radius 1 is 1.15 bits per heavy atom. The van der Waals surface area contributed by atoms with E-state index in [0.29, 0.717) is 18.5 Å². The first-order valence-electron chi connectivity index (χ1n) is 8.58. The Morgan fingerprint density at radius 3 is 2.85 bits per heavy atom. The monoisotopic (exact) mass is 348 g/mol. The number of ether oxygens (including phenoxy) is 1. The van der Waals surface area contributed by atoms with Gasteiger partial charge in [-0.25, -0.2) is 9.98 Å². The van der Waals surface area contributed by atoms with Crippen LogP contribution >= 0.6 is 0 Å². The van der Waals surface area contributed by atoms with Crippen LogP contribution in [0.15, 0.2) is 70.2 Å². The van der Waals surface area contributed by atoms with Crippen molar-refractivity contribution in [2.45, 2.75) is 19.0 Å². The molecular formula is C20H20N4O2. The van der Waals surface area contributed by atoms with Crippen molar-refractivity contribution < 1.29 is 9.15 Å². The lowest BCUT2D eigenvalue weighted by molar-refractivity contribution is 0.262. The highest BCUT2D eigenvalue weighted by atomic mass is 16.5. The van der Waals surface area contributed by atoms with Gasteiger partial charge in [0.15, 0.2) is 11.7 Å². The van der Waals surface area contributed by atoms with Gasteiger partial charge in [-0.1, -0.05) is 48.5 Å². The molecule has 3 N–H and O–H groups in total. The maximum Gasteiger partial charge on any atom is 0.216 e. The summed E-state index contributed by atoms with van der Waals surface area (Å²) in [6.45, 7) is 0.943. The lowest BCUT2D eigenvalue weighted by Crippen LogP contribution is -2.37. The van der Waals surface area contributed by atoms with Crippen LogP contribution in [0.5, 0.6) is 5.75 Å². The number of nitrogens with one attached hydrogen (secondary N) is 1. The highest BCUT2D eigenvalue weighted by molar-refractivity contribution is 5.78. The average molecular weight is 348 g/mol. The third-order valence-corrected chi connectivity index (χ3v) is 4.28. The summed E-state index contributed by atoms with van der Waals surface area (Å²) in [5, 5.41) is 3.26. The molecule has 6 heteroatoms. The van der Waals surface area contributed by atoms with E-state index in [0.717, 1.165) is 29.1 Å². The van der Waals surface area contributed by atoms with Crippen molar-refractivity contribution in [3.63, 3.8) is 0 Å². The summed E-state index contributed by atoms with van der Waals surface area (Å²) in [6, 6.07) is 17.9. The number of hydrogen-bond acceptors (Lipinski definition) is 4. The van der Waals surface area contributed by atoms with Crippen molar-refractivity contribution in [3.8, 4) is 17.1 Å². The number of fused-ring (bicyclic) bond motifs is 1. The fourth-order valence-electron chi connectivity index (χ4n) is 2.99. The van der Waals surface area contributed by atoms with Crippen LogP contribution in [0.2, 0.25) is 0 Å². The molecule has 0 fully saturated rings. The summed E-state index contributed by atoms with van der Waals surface area (Å²) in [4.78, 5) is 8.62. The van der Waals surface area contributed by atoms with Crippen molar-refractivity contribution >= 4 is 5.96 Å². The van der Waals surface area contributed by atoms with Crippen LogP contribution in [0.25, 0.3) is 11.3 Å². The molecular weight excluding hydrogens is 328 g/mol. The van der Waals surface area contributed by atoms with Gasteiger partial charge in [-0.15, -0.1) is 0 Å². The van der Waals surface area contributed by atoms with Crippen LogP contribution in [0.4, 0.5) is 0 Å². The van der Waals surface area contributed by atoms with Crippen molar-refractivity contribution in [2.75, 3.05) is 6.61 Å². The first kappa shape index (κ1) is 16.2. The second-order valence-corrected chi connectivity index (χ2v) is 6.06. The summed E-state index contributed by atoms with van der Waals surface area (Å²) >= 11 is 0. The molecule has 0 radical (unpaired) electrons. The summed E-state index contributed by atoms with van der Waals surface area (Å²) in [6.07, 6.45) is 2.54. The fourth-order valence-corrected chi connectivity index (χ4v) is 2.99. The molecule has 2 heterocycles. The minimum Gasteiger partial charge on any atom is -0.493 e. The second kappa shape index (κ2) is 7.31. The Morgan fingerprint density at radius 2 is 1.96 bits per heavy atom. The minimum absolute atomic E-state index is 0.0909. The molecule has 4 rings (SSSR count).